The number of unbranched alkanes of at least 4 members (excludes halogenated alkanes) is 7. The van der Waals surface area contributed by atoms with Gasteiger partial charge in [0.25, 0.3) is 0 Å². The van der Waals surface area contributed by atoms with Crippen molar-refractivity contribution in [3.8, 4) is 0 Å². The highest BCUT2D eigenvalue weighted by atomic mass is 16.3. The van der Waals surface area contributed by atoms with Crippen LogP contribution >= 0.6 is 0 Å². The summed E-state index contributed by atoms with van der Waals surface area (Å²) >= 11 is 0. The lowest BCUT2D eigenvalue weighted by atomic mass is 10.1. The number of hydrogen-bond acceptors (Lipinski definition) is 2. The van der Waals surface area contributed by atoms with Gasteiger partial charge in [0.05, 0.1) is 6.61 Å². The van der Waals surface area contributed by atoms with Gasteiger partial charge in [-0.3, -0.25) is 0 Å². The smallest absolute Gasteiger partial charge is 0.0582 e. The third-order valence-corrected chi connectivity index (χ3v) is 2.72. The Bertz CT molecular complexity index is 136. The normalized spacial score (nSPS) is 12.7. The summed E-state index contributed by atoms with van der Waals surface area (Å²) in [5, 5.41) is 8.72. The summed E-state index contributed by atoms with van der Waals surface area (Å²) < 4.78 is 0. The molecule has 0 rings (SSSR count). The van der Waals surface area contributed by atoms with E-state index >= 15 is 0 Å². The van der Waals surface area contributed by atoms with Crippen molar-refractivity contribution in [2.75, 3.05) is 6.61 Å². The van der Waals surface area contributed by atoms with Crippen LogP contribution in [-0.2, 0) is 0 Å². The third kappa shape index (κ3) is 11.6. The number of hydrogen-bond donors (Lipinski definition) is 2. The largest absolute Gasteiger partial charge is 0.395 e. The summed E-state index contributed by atoms with van der Waals surface area (Å²) in [6.07, 6.45) is 13.2. The predicted molar refractivity (Wildman–Crippen MR) is 66.8 cm³/mol. The van der Waals surface area contributed by atoms with E-state index in [1.54, 1.807) is 0 Å². The van der Waals surface area contributed by atoms with E-state index < -0.39 is 0 Å². The van der Waals surface area contributed by atoms with Crippen molar-refractivity contribution in [2.45, 2.75) is 63.8 Å². The molecule has 1 unspecified atom stereocenters. The molecule has 0 aliphatic rings. The van der Waals surface area contributed by atoms with Crippen LogP contribution in [0.5, 0.6) is 0 Å². The molecule has 0 aromatic heterocycles. The quantitative estimate of drug-likeness (QED) is 0.409. The molecule has 2 heteroatoms. The van der Waals surface area contributed by atoms with Crippen molar-refractivity contribution < 1.29 is 5.11 Å². The maximum absolute atomic E-state index is 8.72. The third-order valence-electron chi connectivity index (χ3n) is 2.72. The summed E-state index contributed by atoms with van der Waals surface area (Å²) in [6, 6.07) is -0.00223. The topological polar surface area (TPSA) is 46.2 Å². The molecule has 0 fully saturated rings. The summed E-state index contributed by atoms with van der Waals surface area (Å²) in [5.41, 5.74) is 5.61. The molecule has 0 aliphatic heterocycles. The Balaban J connectivity index is 2.95. The van der Waals surface area contributed by atoms with Gasteiger partial charge in [-0.05, 0) is 19.3 Å². The van der Waals surface area contributed by atoms with Crippen LogP contribution < -0.4 is 5.73 Å². The van der Waals surface area contributed by atoms with Crippen LogP contribution in [0.2, 0.25) is 0 Å². The molecule has 0 saturated heterocycles. The fourth-order valence-electron chi connectivity index (χ4n) is 1.67. The molecule has 0 aliphatic carbocycles. The zero-order valence-electron chi connectivity index (χ0n) is 9.96. The van der Waals surface area contributed by atoms with Crippen molar-refractivity contribution in [2.24, 2.45) is 5.73 Å². The van der Waals surface area contributed by atoms with Crippen molar-refractivity contribution in [3.05, 3.63) is 12.7 Å². The monoisotopic (exact) mass is 213 g/mol. The second-order valence-electron chi connectivity index (χ2n) is 4.28. The number of rotatable bonds is 11. The Morgan fingerprint density at radius 3 is 2.07 bits per heavy atom. The van der Waals surface area contributed by atoms with Gasteiger partial charge in [-0.2, -0.15) is 0 Å². The van der Waals surface area contributed by atoms with Crippen LogP contribution in [0.4, 0.5) is 0 Å². The summed E-state index contributed by atoms with van der Waals surface area (Å²) in [4.78, 5) is 0. The zero-order chi connectivity index (χ0) is 11.4. The Morgan fingerprint density at radius 1 is 1.00 bits per heavy atom. The van der Waals surface area contributed by atoms with Crippen molar-refractivity contribution in [3.63, 3.8) is 0 Å². The van der Waals surface area contributed by atoms with Crippen LogP contribution in [0, 0.1) is 0 Å². The number of aliphatic hydroxyl groups excluding tert-OH is 1. The van der Waals surface area contributed by atoms with E-state index in [4.69, 9.17) is 10.8 Å². The molecule has 0 bridgehead atoms. The molecule has 90 valence electrons. The van der Waals surface area contributed by atoms with Crippen molar-refractivity contribution in [1.82, 2.24) is 0 Å². The molecule has 0 saturated carbocycles. The Kier molecular flexibility index (Phi) is 11.5. The van der Waals surface area contributed by atoms with Crippen LogP contribution in [0.1, 0.15) is 57.8 Å². The molecule has 0 aromatic carbocycles. The van der Waals surface area contributed by atoms with E-state index in [1.807, 2.05) is 6.08 Å². The fourth-order valence-corrected chi connectivity index (χ4v) is 1.67. The van der Waals surface area contributed by atoms with Gasteiger partial charge in [0.2, 0.25) is 0 Å². The highest BCUT2D eigenvalue weighted by molar-refractivity contribution is 4.65. The zero-order valence-corrected chi connectivity index (χ0v) is 9.96. The first-order valence-corrected chi connectivity index (χ1v) is 6.28. The molecule has 2 nitrogen and oxygen atoms in total. The van der Waals surface area contributed by atoms with Crippen LogP contribution in [0.15, 0.2) is 12.7 Å². The lowest BCUT2D eigenvalue weighted by molar-refractivity contribution is 0.257. The molecule has 0 spiro atoms. The van der Waals surface area contributed by atoms with Gasteiger partial charge in [-0.1, -0.05) is 44.6 Å². The van der Waals surface area contributed by atoms with Crippen molar-refractivity contribution >= 4 is 0 Å². The van der Waals surface area contributed by atoms with Crippen LogP contribution in [0.25, 0.3) is 0 Å². The number of aliphatic hydroxyl groups is 1. The first-order chi connectivity index (χ1) is 7.31. The Hall–Kier alpha value is -0.340. The van der Waals surface area contributed by atoms with Gasteiger partial charge in [0, 0.05) is 6.04 Å². The van der Waals surface area contributed by atoms with E-state index in [0.717, 1.165) is 19.3 Å². The lowest BCUT2D eigenvalue weighted by Crippen LogP contribution is -2.23. The SMILES string of the molecule is C=CCCCCCCCCCC(N)CO. The molecule has 0 aromatic rings. The summed E-state index contributed by atoms with van der Waals surface area (Å²) in [6.45, 7) is 3.84. The molecule has 0 amide bonds. The van der Waals surface area contributed by atoms with Gasteiger partial charge in [0.1, 0.15) is 0 Å². The fraction of sp³-hybridized carbons (Fsp3) is 0.846. The predicted octanol–water partition coefficient (Wildman–Crippen LogP) is 3.00. The highest BCUT2D eigenvalue weighted by Crippen LogP contribution is 2.10. The van der Waals surface area contributed by atoms with E-state index in [2.05, 4.69) is 6.58 Å². The Morgan fingerprint density at radius 2 is 1.53 bits per heavy atom. The highest BCUT2D eigenvalue weighted by Gasteiger charge is 1.98. The minimum atomic E-state index is -0.00223. The minimum absolute atomic E-state index is 0.00223. The standard InChI is InChI=1S/C13H27NO/c1-2-3-4-5-6-7-8-9-10-11-13(14)12-15/h2,13,15H,1,3-12,14H2. The number of allylic oxidation sites excluding steroid dienone is 1. The first-order valence-electron chi connectivity index (χ1n) is 6.28. The first kappa shape index (κ1) is 14.7. The van der Waals surface area contributed by atoms with Gasteiger partial charge in [0.15, 0.2) is 0 Å². The number of nitrogens with two attached hydrogens (primary N) is 1. The second-order valence-corrected chi connectivity index (χ2v) is 4.28. The van der Waals surface area contributed by atoms with Gasteiger partial charge in [-0.25, -0.2) is 0 Å². The van der Waals surface area contributed by atoms with Gasteiger partial charge >= 0.3 is 0 Å². The average Bonchev–Trinajstić information content (AvgIpc) is 2.26. The van der Waals surface area contributed by atoms with Crippen molar-refractivity contribution in [1.29, 1.82) is 0 Å². The van der Waals surface area contributed by atoms with E-state index in [0.29, 0.717) is 0 Å². The second kappa shape index (κ2) is 11.7. The maximum Gasteiger partial charge on any atom is 0.0582 e. The van der Waals surface area contributed by atoms with E-state index in [1.165, 1.54) is 38.5 Å². The Labute approximate surface area is 94.6 Å². The molecule has 3 N–H and O–H groups in total. The molecule has 1 atom stereocenters. The molecule has 0 radical (unpaired) electrons. The van der Waals surface area contributed by atoms with Gasteiger partial charge < -0.3 is 10.8 Å². The molecular weight excluding hydrogens is 186 g/mol. The summed E-state index contributed by atoms with van der Waals surface area (Å²) in [5.74, 6) is 0. The molecule has 15 heavy (non-hydrogen) atoms. The van der Waals surface area contributed by atoms with E-state index in [-0.39, 0.29) is 12.6 Å². The van der Waals surface area contributed by atoms with Crippen LogP contribution in [0.3, 0.4) is 0 Å². The average molecular weight is 213 g/mol. The van der Waals surface area contributed by atoms with Crippen LogP contribution in [-0.4, -0.2) is 17.8 Å². The van der Waals surface area contributed by atoms with Gasteiger partial charge in [-0.15, -0.1) is 6.58 Å². The molecular formula is C13H27NO. The lowest BCUT2D eigenvalue weighted by Gasteiger charge is -2.06. The maximum atomic E-state index is 8.72. The minimum Gasteiger partial charge on any atom is -0.395 e. The summed E-state index contributed by atoms with van der Waals surface area (Å²) in [7, 11) is 0. The van der Waals surface area contributed by atoms with E-state index in [9.17, 15) is 0 Å². The molecule has 0 heterocycles.